The van der Waals surface area contributed by atoms with Gasteiger partial charge in [-0.05, 0) is 48.9 Å². The Morgan fingerprint density at radius 1 is 1.04 bits per heavy atom. The molecule has 0 amide bonds. The van der Waals surface area contributed by atoms with Gasteiger partial charge in [-0.3, -0.25) is 0 Å². The van der Waals surface area contributed by atoms with Crippen molar-refractivity contribution in [3.05, 3.63) is 48.0 Å². The highest BCUT2D eigenvalue weighted by Crippen LogP contribution is 2.29. The molecule has 6 nitrogen and oxygen atoms in total. The van der Waals surface area contributed by atoms with Gasteiger partial charge in [-0.2, -0.15) is 4.31 Å². The highest BCUT2D eigenvalue weighted by Gasteiger charge is 2.31. The molecular weight excluding hydrogens is 399 g/mol. The second-order valence-corrected chi connectivity index (χ2v) is 7.74. The molecule has 0 unspecified atom stereocenters. The number of hydrogen-bond acceptors (Lipinski definition) is 5. The van der Waals surface area contributed by atoms with E-state index in [9.17, 15) is 21.6 Å². The van der Waals surface area contributed by atoms with Crippen LogP contribution in [-0.2, 0) is 16.6 Å². The fourth-order valence-corrected chi connectivity index (χ4v) is 3.58. The topological polar surface area (TPSA) is 65.1 Å². The summed E-state index contributed by atoms with van der Waals surface area (Å²) in [6, 6.07) is 9.08. The monoisotopic (exact) mass is 419 g/mol. The van der Waals surface area contributed by atoms with Crippen LogP contribution >= 0.6 is 0 Å². The highest BCUT2D eigenvalue weighted by molar-refractivity contribution is 7.89. The van der Waals surface area contributed by atoms with Crippen molar-refractivity contribution < 1.29 is 35.8 Å². The summed E-state index contributed by atoms with van der Waals surface area (Å²) in [5.41, 5.74) is 0.656. The zero-order valence-corrected chi connectivity index (χ0v) is 16.3. The van der Waals surface area contributed by atoms with E-state index in [0.29, 0.717) is 23.7 Å². The molecule has 0 spiro atoms. The number of benzene rings is 2. The molecule has 10 heteroatoms. The maximum Gasteiger partial charge on any atom is 0.573 e. The van der Waals surface area contributed by atoms with Crippen LogP contribution in [-0.4, -0.2) is 39.8 Å². The van der Waals surface area contributed by atoms with Crippen LogP contribution in [0.1, 0.15) is 12.5 Å². The first-order chi connectivity index (χ1) is 13.1. The lowest BCUT2D eigenvalue weighted by Gasteiger charge is -2.19. The smallest absolute Gasteiger partial charge is 0.493 e. The summed E-state index contributed by atoms with van der Waals surface area (Å²) in [6.45, 7) is 2.32. The Kier molecular flexibility index (Phi) is 6.78. The number of rotatable bonds is 8. The molecule has 0 atom stereocenters. The molecule has 0 aliphatic heterocycles. The summed E-state index contributed by atoms with van der Waals surface area (Å²) < 4.78 is 77.5. The van der Waals surface area contributed by atoms with Crippen molar-refractivity contribution in [2.75, 3.05) is 20.8 Å². The molecule has 2 rings (SSSR count). The molecule has 0 saturated heterocycles. The number of hydrogen-bond donors (Lipinski definition) is 0. The first kappa shape index (κ1) is 21.8. The van der Waals surface area contributed by atoms with Gasteiger partial charge in [0, 0.05) is 13.6 Å². The molecule has 0 saturated carbocycles. The predicted molar refractivity (Wildman–Crippen MR) is 95.9 cm³/mol. The van der Waals surface area contributed by atoms with Crippen LogP contribution in [0.5, 0.6) is 17.2 Å². The maximum absolute atomic E-state index is 12.7. The number of nitrogens with zero attached hydrogens (tertiary/aromatic N) is 1. The van der Waals surface area contributed by atoms with Gasteiger partial charge in [0.2, 0.25) is 10.0 Å². The van der Waals surface area contributed by atoms with Crippen molar-refractivity contribution >= 4 is 10.0 Å². The molecule has 28 heavy (non-hydrogen) atoms. The largest absolute Gasteiger partial charge is 0.573 e. The highest BCUT2D eigenvalue weighted by atomic mass is 32.2. The van der Waals surface area contributed by atoms with E-state index in [2.05, 4.69) is 4.74 Å². The van der Waals surface area contributed by atoms with E-state index in [0.717, 1.165) is 28.6 Å². The standard InChI is InChI=1S/C18H20F3NO5S/c1-4-26-16-10-5-13(11-17(16)25-3)12-22(2)28(23,24)15-8-6-14(7-9-15)27-18(19,20)21/h5-11H,4,12H2,1-3H3. The molecule has 0 heterocycles. The molecule has 0 aliphatic rings. The first-order valence-corrected chi connectivity index (χ1v) is 9.62. The van der Waals surface area contributed by atoms with Crippen LogP contribution in [0.3, 0.4) is 0 Å². The second kappa shape index (κ2) is 8.70. The molecule has 0 aliphatic carbocycles. The van der Waals surface area contributed by atoms with Crippen molar-refractivity contribution in [1.29, 1.82) is 0 Å². The van der Waals surface area contributed by atoms with E-state index < -0.39 is 22.1 Å². The lowest BCUT2D eigenvalue weighted by Crippen LogP contribution is -2.26. The van der Waals surface area contributed by atoms with E-state index in [-0.39, 0.29) is 11.4 Å². The van der Waals surface area contributed by atoms with E-state index in [1.807, 2.05) is 6.92 Å². The number of halogens is 3. The van der Waals surface area contributed by atoms with Crippen molar-refractivity contribution in [3.8, 4) is 17.2 Å². The minimum atomic E-state index is -4.84. The number of methoxy groups -OCH3 is 1. The lowest BCUT2D eigenvalue weighted by molar-refractivity contribution is -0.274. The average Bonchev–Trinajstić information content (AvgIpc) is 2.62. The van der Waals surface area contributed by atoms with Crippen LogP contribution in [0.4, 0.5) is 13.2 Å². The third-order valence-corrected chi connectivity index (χ3v) is 5.52. The van der Waals surface area contributed by atoms with Gasteiger partial charge in [0.25, 0.3) is 0 Å². The molecule has 154 valence electrons. The fraction of sp³-hybridized carbons (Fsp3) is 0.333. The number of sulfonamides is 1. The van der Waals surface area contributed by atoms with Crippen LogP contribution < -0.4 is 14.2 Å². The molecule has 2 aromatic rings. The van der Waals surface area contributed by atoms with Gasteiger partial charge >= 0.3 is 6.36 Å². The van der Waals surface area contributed by atoms with Crippen molar-refractivity contribution in [1.82, 2.24) is 4.31 Å². The summed E-state index contributed by atoms with van der Waals surface area (Å²) in [4.78, 5) is -0.151. The maximum atomic E-state index is 12.7. The summed E-state index contributed by atoms with van der Waals surface area (Å²) in [7, 11) is -1.06. The third-order valence-electron chi connectivity index (χ3n) is 3.70. The summed E-state index contributed by atoms with van der Waals surface area (Å²) in [6.07, 6.45) is -4.84. The fourth-order valence-electron chi connectivity index (χ4n) is 2.42. The number of ether oxygens (including phenoxy) is 3. The zero-order chi connectivity index (χ0) is 20.9. The third kappa shape index (κ3) is 5.52. The minimum absolute atomic E-state index is 0.0336. The number of alkyl halides is 3. The predicted octanol–water partition coefficient (Wildman–Crippen LogP) is 3.81. The van der Waals surface area contributed by atoms with Crippen molar-refractivity contribution in [3.63, 3.8) is 0 Å². The Labute approximate surface area is 161 Å². The van der Waals surface area contributed by atoms with E-state index >= 15 is 0 Å². The van der Waals surface area contributed by atoms with Gasteiger partial charge in [0.05, 0.1) is 18.6 Å². The molecule has 0 N–H and O–H groups in total. The van der Waals surface area contributed by atoms with Crippen LogP contribution in [0.25, 0.3) is 0 Å². The van der Waals surface area contributed by atoms with Gasteiger partial charge in [-0.1, -0.05) is 6.07 Å². The summed E-state index contributed by atoms with van der Waals surface area (Å²) >= 11 is 0. The van der Waals surface area contributed by atoms with Gasteiger partial charge in [0.1, 0.15) is 5.75 Å². The Morgan fingerprint density at radius 2 is 1.68 bits per heavy atom. The SMILES string of the molecule is CCOc1ccc(CN(C)S(=O)(=O)c2ccc(OC(F)(F)F)cc2)cc1OC. The first-order valence-electron chi connectivity index (χ1n) is 8.18. The Morgan fingerprint density at radius 3 is 2.21 bits per heavy atom. The van der Waals surface area contributed by atoms with Crippen molar-refractivity contribution in [2.45, 2.75) is 24.7 Å². The zero-order valence-electron chi connectivity index (χ0n) is 15.5. The van der Waals surface area contributed by atoms with Gasteiger partial charge in [-0.15, -0.1) is 13.2 Å². The average molecular weight is 419 g/mol. The summed E-state index contributed by atoms with van der Waals surface area (Å²) in [5.74, 6) is 0.517. The molecule has 0 fully saturated rings. The normalized spacial score (nSPS) is 12.1. The minimum Gasteiger partial charge on any atom is -0.493 e. The van der Waals surface area contributed by atoms with Crippen LogP contribution in [0, 0.1) is 0 Å². The van der Waals surface area contributed by atoms with Gasteiger partial charge in [-0.25, -0.2) is 8.42 Å². The molecular formula is C18H20F3NO5S. The van der Waals surface area contributed by atoms with Gasteiger partial charge < -0.3 is 14.2 Å². The van der Waals surface area contributed by atoms with E-state index in [1.165, 1.54) is 14.2 Å². The van der Waals surface area contributed by atoms with E-state index in [1.54, 1.807) is 18.2 Å². The quantitative estimate of drug-likeness (QED) is 0.651. The molecule has 0 radical (unpaired) electrons. The van der Waals surface area contributed by atoms with Gasteiger partial charge in [0.15, 0.2) is 11.5 Å². The summed E-state index contributed by atoms with van der Waals surface area (Å²) in [5, 5.41) is 0. The Hall–Kier alpha value is -2.46. The van der Waals surface area contributed by atoms with E-state index in [4.69, 9.17) is 9.47 Å². The molecule has 2 aromatic carbocycles. The second-order valence-electron chi connectivity index (χ2n) is 5.70. The Bertz CT molecular complexity index is 898. The van der Waals surface area contributed by atoms with Crippen LogP contribution in [0.2, 0.25) is 0 Å². The molecule has 0 bridgehead atoms. The molecule has 0 aromatic heterocycles. The van der Waals surface area contributed by atoms with Crippen LogP contribution in [0.15, 0.2) is 47.4 Å². The lowest BCUT2D eigenvalue weighted by atomic mass is 10.2. The van der Waals surface area contributed by atoms with Crippen molar-refractivity contribution in [2.24, 2.45) is 0 Å². The Balaban J connectivity index is 2.17.